The Hall–Kier alpha value is -0.120. The fraction of sp³-hybridized carbons (Fsp3) is 1.00. The maximum Gasteiger partial charge on any atom is 0.0735 e. The molecule has 0 bridgehead atoms. The molecule has 0 saturated carbocycles. The summed E-state index contributed by atoms with van der Waals surface area (Å²) in [4.78, 5) is 0. The van der Waals surface area contributed by atoms with Gasteiger partial charge in [-0.15, -0.1) is 0 Å². The summed E-state index contributed by atoms with van der Waals surface area (Å²) in [6, 6.07) is 0. The van der Waals surface area contributed by atoms with Crippen molar-refractivity contribution >= 4 is 0 Å². The molecular weight excluding hydrogens is 202 g/mol. The van der Waals surface area contributed by atoms with Crippen molar-refractivity contribution in [1.29, 1.82) is 0 Å². The minimum atomic E-state index is -0.184. The smallest absolute Gasteiger partial charge is 0.0735 e. The van der Waals surface area contributed by atoms with E-state index in [1.54, 1.807) is 0 Å². The van der Waals surface area contributed by atoms with Crippen LogP contribution in [0.25, 0.3) is 0 Å². The number of aliphatic hydroxyl groups excluding tert-OH is 1. The van der Waals surface area contributed by atoms with Crippen LogP contribution < -0.4 is 5.32 Å². The molecule has 1 spiro atoms. The molecule has 94 valence electrons. The van der Waals surface area contributed by atoms with E-state index < -0.39 is 0 Å². The monoisotopic (exact) mass is 227 g/mol. The zero-order chi connectivity index (χ0) is 11.8. The molecule has 0 aromatic rings. The minimum Gasteiger partial charge on any atom is -0.393 e. The van der Waals surface area contributed by atoms with Gasteiger partial charge in [-0.25, -0.2) is 0 Å². The van der Waals surface area contributed by atoms with Crippen LogP contribution in [0.4, 0.5) is 0 Å². The first kappa shape index (κ1) is 12.3. The van der Waals surface area contributed by atoms with Crippen LogP contribution in [0.2, 0.25) is 0 Å². The largest absolute Gasteiger partial charge is 0.393 e. The van der Waals surface area contributed by atoms with Gasteiger partial charge in [-0.3, -0.25) is 0 Å². The normalized spacial score (nSPS) is 35.2. The number of hydrogen-bond donors (Lipinski definition) is 2. The van der Waals surface area contributed by atoms with Gasteiger partial charge in [0.15, 0.2) is 0 Å². The lowest BCUT2D eigenvalue weighted by molar-refractivity contribution is -0.200. The lowest BCUT2D eigenvalue weighted by atomic mass is 9.77. The van der Waals surface area contributed by atoms with Gasteiger partial charge in [0, 0.05) is 12.8 Å². The predicted octanol–water partition coefficient (Wildman–Crippen LogP) is 1.69. The number of aliphatic hydroxyl groups is 1. The molecule has 2 heterocycles. The van der Waals surface area contributed by atoms with Gasteiger partial charge in [0.2, 0.25) is 0 Å². The number of ether oxygens (including phenoxy) is 1. The summed E-state index contributed by atoms with van der Waals surface area (Å²) < 4.78 is 6.35. The van der Waals surface area contributed by atoms with Crippen LogP contribution in [-0.4, -0.2) is 36.0 Å². The lowest BCUT2D eigenvalue weighted by Crippen LogP contribution is -2.54. The van der Waals surface area contributed by atoms with Crippen LogP contribution in [0.1, 0.15) is 46.5 Å². The third kappa shape index (κ3) is 2.58. The summed E-state index contributed by atoms with van der Waals surface area (Å²) >= 11 is 0. The van der Waals surface area contributed by atoms with E-state index in [2.05, 4.69) is 26.1 Å². The summed E-state index contributed by atoms with van der Waals surface area (Å²) in [6.45, 7) is 8.63. The molecule has 2 atom stereocenters. The van der Waals surface area contributed by atoms with Gasteiger partial charge in [0.05, 0.1) is 17.8 Å². The zero-order valence-corrected chi connectivity index (χ0v) is 10.8. The Kier molecular flexibility index (Phi) is 3.30. The van der Waals surface area contributed by atoms with Crippen molar-refractivity contribution in [1.82, 2.24) is 5.32 Å². The third-order valence-corrected chi connectivity index (χ3v) is 3.97. The third-order valence-electron chi connectivity index (χ3n) is 3.97. The second kappa shape index (κ2) is 4.28. The van der Waals surface area contributed by atoms with Crippen LogP contribution >= 0.6 is 0 Å². The summed E-state index contributed by atoms with van der Waals surface area (Å²) in [7, 11) is 0. The molecule has 2 aliphatic heterocycles. The Morgan fingerprint density at radius 3 is 2.44 bits per heavy atom. The van der Waals surface area contributed by atoms with Crippen LogP contribution in [0.3, 0.4) is 0 Å². The van der Waals surface area contributed by atoms with Crippen LogP contribution in [-0.2, 0) is 4.74 Å². The average Bonchev–Trinajstić information content (AvgIpc) is 2.16. The average molecular weight is 227 g/mol. The minimum absolute atomic E-state index is 0.0547. The zero-order valence-electron chi connectivity index (χ0n) is 10.8. The van der Waals surface area contributed by atoms with Gasteiger partial charge in [0.25, 0.3) is 0 Å². The van der Waals surface area contributed by atoms with Gasteiger partial charge in [-0.1, -0.05) is 20.8 Å². The molecule has 2 fully saturated rings. The molecule has 2 aliphatic rings. The molecule has 0 aliphatic carbocycles. The molecule has 0 radical (unpaired) electrons. The second-order valence-corrected chi connectivity index (χ2v) is 6.50. The van der Waals surface area contributed by atoms with E-state index in [4.69, 9.17) is 4.74 Å². The van der Waals surface area contributed by atoms with Crippen molar-refractivity contribution in [2.24, 2.45) is 5.41 Å². The van der Waals surface area contributed by atoms with Gasteiger partial charge in [0.1, 0.15) is 0 Å². The fourth-order valence-electron chi connectivity index (χ4n) is 2.89. The van der Waals surface area contributed by atoms with E-state index in [-0.39, 0.29) is 23.2 Å². The molecule has 2 saturated heterocycles. The molecule has 2 unspecified atom stereocenters. The standard InChI is InChI=1S/C13H25NO2/c1-12(2,3)11-8-10(15)9-13(16-11)4-6-14-7-5-13/h10-11,14-15H,4-9H2,1-3H3. The highest BCUT2D eigenvalue weighted by Gasteiger charge is 2.44. The Bertz CT molecular complexity index is 241. The van der Waals surface area contributed by atoms with Crippen molar-refractivity contribution in [2.75, 3.05) is 13.1 Å². The van der Waals surface area contributed by atoms with Gasteiger partial charge >= 0.3 is 0 Å². The summed E-state index contributed by atoms with van der Waals surface area (Å²) in [6.07, 6.45) is 3.69. The van der Waals surface area contributed by atoms with Crippen molar-refractivity contribution in [3.8, 4) is 0 Å². The van der Waals surface area contributed by atoms with Crippen LogP contribution in [0.5, 0.6) is 0 Å². The number of nitrogens with one attached hydrogen (secondary N) is 1. The van der Waals surface area contributed by atoms with E-state index in [9.17, 15) is 5.11 Å². The summed E-state index contributed by atoms with van der Waals surface area (Å²) in [5, 5.41) is 13.4. The van der Waals surface area contributed by atoms with Gasteiger partial charge in [-0.05, 0) is 31.3 Å². The number of hydrogen-bond acceptors (Lipinski definition) is 3. The first-order chi connectivity index (χ1) is 7.41. The molecule has 16 heavy (non-hydrogen) atoms. The molecular formula is C13H25NO2. The molecule has 3 nitrogen and oxygen atoms in total. The first-order valence-electron chi connectivity index (χ1n) is 6.48. The maximum atomic E-state index is 10.1. The Labute approximate surface area is 98.6 Å². The van der Waals surface area contributed by atoms with Gasteiger partial charge in [-0.2, -0.15) is 0 Å². The Morgan fingerprint density at radius 2 is 1.88 bits per heavy atom. The first-order valence-corrected chi connectivity index (χ1v) is 6.48. The van der Waals surface area contributed by atoms with E-state index in [0.29, 0.717) is 0 Å². The molecule has 0 aromatic carbocycles. The van der Waals surface area contributed by atoms with Crippen molar-refractivity contribution in [3.63, 3.8) is 0 Å². The summed E-state index contributed by atoms with van der Waals surface area (Å²) in [5.74, 6) is 0. The number of piperidine rings is 1. The second-order valence-electron chi connectivity index (χ2n) is 6.50. The molecule has 3 heteroatoms. The van der Waals surface area contributed by atoms with Crippen molar-refractivity contribution < 1.29 is 9.84 Å². The fourth-order valence-corrected chi connectivity index (χ4v) is 2.89. The van der Waals surface area contributed by atoms with Crippen molar-refractivity contribution in [3.05, 3.63) is 0 Å². The van der Waals surface area contributed by atoms with Crippen molar-refractivity contribution in [2.45, 2.75) is 64.3 Å². The highest BCUT2D eigenvalue weighted by molar-refractivity contribution is 4.95. The topological polar surface area (TPSA) is 41.5 Å². The highest BCUT2D eigenvalue weighted by Crippen LogP contribution is 2.41. The van der Waals surface area contributed by atoms with E-state index >= 15 is 0 Å². The Morgan fingerprint density at radius 1 is 1.25 bits per heavy atom. The molecule has 0 aromatic heterocycles. The van der Waals surface area contributed by atoms with Crippen LogP contribution in [0.15, 0.2) is 0 Å². The maximum absolute atomic E-state index is 10.1. The highest BCUT2D eigenvalue weighted by atomic mass is 16.5. The predicted molar refractivity (Wildman–Crippen MR) is 64.4 cm³/mol. The summed E-state index contributed by atoms with van der Waals surface area (Å²) in [5.41, 5.74) is 0.0696. The van der Waals surface area contributed by atoms with Crippen LogP contribution in [0, 0.1) is 5.41 Å². The van der Waals surface area contributed by atoms with E-state index in [1.807, 2.05) is 0 Å². The lowest BCUT2D eigenvalue weighted by Gasteiger charge is -2.49. The van der Waals surface area contributed by atoms with E-state index in [1.165, 1.54) is 0 Å². The molecule has 2 N–H and O–H groups in total. The SMILES string of the molecule is CC(C)(C)C1CC(O)CC2(CCNCC2)O1. The number of rotatable bonds is 0. The molecule has 2 rings (SSSR count). The van der Waals surface area contributed by atoms with E-state index in [0.717, 1.165) is 38.8 Å². The van der Waals surface area contributed by atoms with Gasteiger partial charge < -0.3 is 15.2 Å². The quantitative estimate of drug-likeness (QED) is 0.662. The Balaban J connectivity index is 2.09. The molecule has 0 amide bonds.